The van der Waals surface area contributed by atoms with Gasteiger partial charge in [0, 0.05) is 13.1 Å². The molecule has 0 aliphatic carbocycles. The number of rotatable bonds is 5. The normalized spacial score (nSPS) is 12.5. The number of hydrogen-bond acceptors (Lipinski definition) is 2. The lowest BCUT2D eigenvalue weighted by atomic mass is 10.1. The molecule has 0 aliphatic heterocycles. The van der Waals surface area contributed by atoms with E-state index >= 15 is 0 Å². The summed E-state index contributed by atoms with van der Waals surface area (Å²) >= 11 is 5.90. The van der Waals surface area contributed by atoms with Gasteiger partial charge in [0.15, 0.2) is 0 Å². The Morgan fingerprint density at radius 1 is 1.53 bits per heavy atom. The van der Waals surface area contributed by atoms with Gasteiger partial charge in [-0.3, -0.25) is 4.90 Å². The number of nitrogens with zero attached hydrogens (tertiary/aromatic N) is 2. The summed E-state index contributed by atoms with van der Waals surface area (Å²) in [6.07, 6.45) is 0. The first-order valence-corrected chi connectivity index (χ1v) is 6.01. The van der Waals surface area contributed by atoms with E-state index in [1.165, 1.54) is 6.07 Å². The fourth-order valence-electron chi connectivity index (χ4n) is 1.65. The summed E-state index contributed by atoms with van der Waals surface area (Å²) in [6, 6.07) is 7.00. The topological polar surface area (TPSA) is 27.0 Å². The van der Waals surface area contributed by atoms with Gasteiger partial charge in [0.1, 0.15) is 5.82 Å². The summed E-state index contributed by atoms with van der Waals surface area (Å²) in [4.78, 5) is 2.08. The van der Waals surface area contributed by atoms with E-state index in [1.807, 2.05) is 19.9 Å². The van der Waals surface area contributed by atoms with Gasteiger partial charge in [-0.25, -0.2) is 4.39 Å². The fourth-order valence-corrected chi connectivity index (χ4v) is 1.83. The largest absolute Gasteiger partial charge is 0.298 e. The summed E-state index contributed by atoms with van der Waals surface area (Å²) in [6.45, 7) is 5.92. The Morgan fingerprint density at radius 2 is 2.24 bits per heavy atom. The Labute approximate surface area is 107 Å². The highest BCUT2D eigenvalue weighted by atomic mass is 35.5. The van der Waals surface area contributed by atoms with Crippen molar-refractivity contribution >= 4 is 11.6 Å². The van der Waals surface area contributed by atoms with Crippen LogP contribution in [0.1, 0.15) is 19.4 Å². The smallest absolute Gasteiger partial charge is 0.142 e. The molecule has 0 bridgehead atoms. The van der Waals surface area contributed by atoms with E-state index in [1.54, 1.807) is 6.07 Å². The Kier molecular flexibility index (Phi) is 5.40. The first-order chi connectivity index (χ1) is 8.08. The third kappa shape index (κ3) is 3.99. The van der Waals surface area contributed by atoms with Crippen LogP contribution in [0.3, 0.4) is 0 Å². The second-order valence-corrected chi connectivity index (χ2v) is 4.45. The summed E-state index contributed by atoms with van der Waals surface area (Å²) in [5, 5.41) is 8.96. The molecule has 1 atom stereocenters. The van der Waals surface area contributed by atoms with Crippen LogP contribution in [0.25, 0.3) is 0 Å². The van der Waals surface area contributed by atoms with Crippen molar-refractivity contribution in [1.29, 1.82) is 5.26 Å². The Hall–Kier alpha value is -1.11. The molecular formula is C13H16ClFN2. The van der Waals surface area contributed by atoms with Gasteiger partial charge in [0.2, 0.25) is 0 Å². The van der Waals surface area contributed by atoms with Gasteiger partial charge < -0.3 is 0 Å². The highest BCUT2D eigenvalue weighted by Gasteiger charge is 2.12. The van der Waals surface area contributed by atoms with Gasteiger partial charge in [-0.05, 0) is 25.1 Å². The average molecular weight is 255 g/mol. The number of benzene rings is 1. The molecular weight excluding hydrogens is 239 g/mol. The minimum absolute atomic E-state index is 0.0396. The molecule has 17 heavy (non-hydrogen) atoms. The van der Waals surface area contributed by atoms with E-state index < -0.39 is 5.82 Å². The first kappa shape index (κ1) is 14.0. The minimum Gasteiger partial charge on any atom is -0.298 e. The molecule has 92 valence electrons. The number of nitriles is 1. The number of hydrogen-bond donors (Lipinski definition) is 0. The van der Waals surface area contributed by atoms with Crippen LogP contribution >= 0.6 is 11.6 Å². The summed E-state index contributed by atoms with van der Waals surface area (Å²) in [5.41, 5.74) is 0.763. The van der Waals surface area contributed by atoms with Gasteiger partial charge in [-0.15, -0.1) is 0 Å². The minimum atomic E-state index is -0.395. The Morgan fingerprint density at radius 3 is 2.82 bits per heavy atom. The third-order valence-electron chi connectivity index (χ3n) is 2.63. The zero-order chi connectivity index (χ0) is 12.8. The molecule has 0 radical (unpaired) electrons. The molecule has 0 aromatic heterocycles. The molecule has 1 unspecified atom stereocenters. The zero-order valence-electron chi connectivity index (χ0n) is 10.1. The fraction of sp³-hybridized carbons (Fsp3) is 0.462. The Balaban J connectivity index is 2.74. The SMILES string of the molecule is CCN(Cc1cccc(F)c1Cl)CC(C)C#N. The van der Waals surface area contributed by atoms with Crippen LogP contribution in [0, 0.1) is 23.1 Å². The lowest BCUT2D eigenvalue weighted by Gasteiger charge is -2.22. The molecule has 0 aliphatic rings. The maximum absolute atomic E-state index is 13.3. The Bertz CT molecular complexity index is 414. The molecule has 0 heterocycles. The van der Waals surface area contributed by atoms with E-state index in [9.17, 15) is 4.39 Å². The van der Waals surface area contributed by atoms with E-state index in [4.69, 9.17) is 16.9 Å². The second kappa shape index (κ2) is 6.58. The maximum Gasteiger partial charge on any atom is 0.142 e. The van der Waals surface area contributed by atoms with Crippen molar-refractivity contribution in [2.45, 2.75) is 20.4 Å². The summed E-state index contributed by atoms with van der Waals surface area (Å²) in [5.74, 6) is -0.434. The number of halogens is 2. The van der Waals surface area contributed by atoms with Gasteiger partial charge in [0.05, 0.1) is 17.0 Å². The molecule has 4 heteroatoms. The van der Waals surface area contributed by atoms with Crippen molar-refractivity contribution in [3.05, 3.63) is 34.6 Å². The molecule has 1 rings (SSSR count). The zero-order valence-corrected chi connectivity index (χ0v) is 10.8. The van der Waals surface area contributed by atoms with Crippen LogP contribution in [-0.2, 0) is 6.54 Å². The second-order valence-electron chi connectivity index (χ2n) is 4.07. The standard InChI is InChI=1S/C13H16ClFN2/c1-3-17(8-10(2)7-16)9-11-5-4-6-12(15)13(11)14/h4-6,10H,3,8-9H2,1-2H3. The van der Waals surface area contributed by atoms with Crippen molar-refractivity contribution in [1.82, 2.24) is 4.90 Å². The molecule has 0 fully saturated rings. The highest BCUT2D eigenvalue weighted by Crippen LogP contribution is 2.21. The average Bonchev–Trinajstić information content (AvgIpc) is 2.33. The predicted molar refractivity (Wildman–Crippen MR) is 67.1 cm³/mol. The molecule has 0 N–H and O–H groups in total. The van der Waals surface area contributed by atoms with Gasteiger partial charge in [-0.1, -0.05) is 30.7 Å². The van der Waals surface area contributed by atoms with Gasteiger partial charge >= 0.3 is 0 Å². The van der Waals surface area contributed by atoms with Crippen molar-refractivity contribution in [2.75, 3.05) is 13.1 Å². The van der Waals surface area contributed by atoms with E-state index in [0.717, 1.165) is 12.1 Å². The summed E-state index contributed by atoms with van der Waals surface area (Å²) in [7, 11) is 0. The van der Waals surface area contributed by atoms with Gasteiger partial charge in [0.25, 0.3) is 0 Å². The van der Waals surface area contributed by atoms with Crippen LogP contribution in [0.5, 0.6) is 0 Å². The monoisotopic (exact) mass is 254 g/mol. The van der Waals surface area contributed by atoms with Crippen LogP contribution in [0.15, 0.2) is 18.2 Å². The van der Waals surface area contributed by atoms with Crippen molar-refractivity contribution in [3.8, 4) is 6.07 Å². The molecule has 1 aromatic rings. The first-order valence-electron chi connectivity index (χ1n) is 5.63. The van der Waals surface area contributed by atoms with Crippen LogP contribution < -0.4 is 0 Å². The van der Waals surface area contributed by atoms with Crippen LogP contribution in [0.2, 0.25) is 5.02 Å². The van der Waals surface area contributed by atoms with E-state index in [0.29, 0.717) is 13.1 Å². The van der Waals surface area contributed by atoms with E-state index in [-0.39, 0.29) is 10.9 Å². The van der Waals surface area contributed by atoms with Crippen LogP contribution in [0.4, 0.5) is 4.39 Å². The molecule has 2 nitrogen and oxygen atoms in total. The third-order valence-corrected chi connectivity index (χ3v) is 3.05. The lowest BCUT2D eigenvalue weighted by molar-refractivity contribution is 0.260. The van der Waals surface area contributed by atoms with Crippen molar-refractivity contribution < 1.29 is 4.39 Å². The lowest BCUT2D eigenvalue weighted by Crippen LogP contribution is -2.27. The molecule has 0 spiro atoms. The molecule has 0 amide bonds. The molecule has 1 aromatic carbocycles. The molecule has 0 saturated heterocycles. The summed E-state index contributed by atoms with van der Waals surface area (Å²) < 4.78 is 13.3. The maximum atomic E-state index is 13.3. The van der Waals surface area contributed by atoms with Gasteiger partial charge in [-0.2, -0.15) is 5.26 Å². The predicted octanol–water partition coefficient (Wildman–Crippen LogP) is 3.46. The molecule has 0 saturated carbocycles. The van der Waals surface area contributed by atoms with Crippen molar-refractivity contribution in [3.63, 3.8) is 0 Å². The van der Waals surface area contributed by atoms with Crippen LogP contribution in [-0.4, -0.2) is 18.0 Å². The quantitative estimate of drug-likeness (QED) is 0.805. The van der Waals surface area contributed by atoms with E-state index in [2.05, 4.69) is 11.0 Å². The van der Waals surface area contributed by atoms with Crippen molar-refractivity contribution in [2.24, 2.45) is 5.92 Å². The highest BCUT2D eigenvalue weighted by molar-refractivity contribution is 6.31.